The highest BCUT2D eigenvalue weighted by Gasteiger charge is 2.19. The van der Waals surface area contributed by atoms with Gasteiger partial charge in [0, 0.05) is 53.2 Å². The molecule has 0 aliphatic rings. The third-order valence-corrected chi connectivity index (χ3v) is 11.0. The van der Waals surface area contributed by atoms with E-state index in [1.165, 1.54) is 0 Å². The predicted molar refractivity (Wildman–Crippen MR) is 233 cm³/mol. The highest BCUT2D eigenvalue weighted by atomic mass is 32.1. The molecule has 3 heterocycles. The Labute approximate surface area is 335 Å². The van der Waals surface area contributed by atoms with E-state index >= 15 is 0 Å². The molecular weight excluding hydrogens is 703 g/mol. The predicted octanol–water partition coefficient (Wildman–Crippen LogP) is 14.1. The summed E-state index contributed by atoms with van der Waals surface area (Å²) < 4.78 is 63.7. The van der Waals surface area contributed by atoms with Gasteiger partial charge in [-0.25, -0.2) is 15.0 Å². The molecule has 0 amide bonds. The molecule has 0 saturated heterocycles. The van der Waals surface area contributed by atoms with Crippen LogP contribution in [0.4, 0.5) is 0 Å². The normalized spacial score (nSPS) is 13.1. The third kappa shape index (κ3) is 5.56. The molecule has 3 aromatic heterocycles. The summed E-state index contributed by atoms with van der Waals surface area (Å²) in [6.45, 7) is 0. The van der Waals surface area contributed by atoms with Gasteiger partial charge in [-0.1, -0.05) is 152 Å². The zero-order valence-electron chi connectivity index (χ0n) is 35.6. The second-order valence-electron chi connectivity index (χ2n) is 13.5. The van der Waals surface area contributed by atoms with Gasteiger partial charge in [-0.05, 0) is 64.1 Å². The molecular formula is C51H31N3OS. The first-order chi connectivity index (χ1) is 30.3. The molecule has 0 aliphatic carbocycles. The zero-order chi connectivity index (χ0) is 42.2. The Kier molecular flexibility index (Phi) is 6.29. The van der Waals surface area contributed by atoms with E-state index < -0.39 is 0 Å². The van der Waals surface area contributed by atoms with Gasteiger partial charge in [0.25, 0.3) is 0 Å². The van der Waals surface area contributed by atoms with E-state index in [4.69, 9.17) is 19.4 Å². The number of thiophene rings is 1. The number of para-hydroxylation sites is 2. The summed E-state index contributed by atoms with van der Waals surface area (Å²) in [5.41, 5.74) is 7.20. The number of hydrogen-bond donors (Lipinski definition) is 0. The molecule has 0 N–H and O–H groups in total. The summed E-state index contributed by atoms with van der Waals surface area (Å²) in [6.07, 6.45) is 0. The number of rotatable bonds is 6. The van der Waals surface area contributed by atoms with Gasteiger partial charge >= 0.3 is 0 Å². The van der Waals surface area contributed by atoms with Crippen molar-refractivity contribution < 1.29 is 12.6 Å². The molecule has 262 valence electrons. The lowest BCUT2D eigenvalue weighted by molar-refractivity contribution is 0.670. The van der Waals surface area contributed by atoms with E-state index in [0.29, 0.717) is 43.3 Å². The van der Waals surface area contributed by atoms with Crippen molar-refractivity contribution in [3.05, 3.63) is 188 Å². The van der Waals surface area contributed by atoms with Crippen LogP contribution in [-0.4, -0.2) is 15.0 Å². The molecule has 0 fully saturated rings. The van der Waals surface area contributed by atoms with Crippen LogP contribution >= 0.6 is 11.3 Å². The van der Waals surface area contributed by atoms with E-state index in [2.05, 4.69) is 18.2 Å². The quantitative estimate of drug-likeness (QED) is 0.170. The summed E-state index contributed by atoms with van der Waals surface area (Å²) >= 11 is 1.07. The fourth-order valence-corrected chi connectivity index (χ4v) is 8.28. The van der Waals surface area contributed by atoms with E-state index in [0.717, 1.165) is 49.9 Å². The third-order valence-electron chi connectivity index (χ3n) is 10.0. The van der Waals surface area contributed by atoms with Gasteiger partial charge in [-0.2, -0.15) is 0 Å². The number of aromatic nitrogens is 3. The Bertz CT molecular complexity index is 3590. The SMILES string of the molecule is [2H]c1c(-c2cccc3c2oc2ccccc23)c([2H])c2c(sc3c([2H])c(-c4nc(-c5ccccc5)nc(-c5ccc(-c6ccccc6)cc5-c5ccccc5)n4)c([2H])c([2H])c32)c1[2H]. The molecule has 5 heteroatoms. The summed E-state index contributed by atoms with van der Waals surface area (Å²) in [5, 5.41) is 2.17. The highest BCUT2D eigenvalue weighted by Crippen LogP contribution is 2.42. The van der Waals surface area contributed by atoms with Crippen molar-refractivity contribution in [3.8, 4) is 67.5 Å². The second-order valence-corrected chi connectivity index (χ2v) is 14.5. The van der Waals surface area contributed by atoms with Gasteiger partial charge in [0.2, 0.25) is 0 Å². The van der Waals surface area contributed by atoms with Crippen molar-refractivity contribution >= 4 is 53.4 Å². The average Bonchev–Trinajstić information content (AvgIpc) is 3.92. The first-order valence-electron chi connectivity index (χ1n) is 21.2. The number of benzene rings is 8. The monoisotopic (exact) mass is 739 g/mol. The first kappa shape index (κ1) is 26.5. The Morgan fingerprint density at radius 2 is 1.05 bits per heavy atom. The first-order valence-corrected chi connectivity index (χ1v) is 19.0. The molecule has 11 rings (SSSR count). The topological polar surface area (TPSA) is 51.8 Å². The molecule has 11 aromatic rings. The molecule has 0 bridgehead atoms. The molecule has 0 saturated carbocycles. The minimum Gasteiger partial charge on any atom is -0.455 e. The molecule has 0 atom stereocenters. The van der Waals surface area contributed by atoms with Crippen molar-refractivity contribution in [1.29, 1.82) is 0 Å². The van der Waals surface area contributed by atoms with Crippen LogP contribution in [0.1, 0.15) is 8.22 Å². The number of nitrogens with zero attached hydrogens (tertiary/aromatic N) is 3. The van der Waals surface area contributed by atoms with E-state index in [1.807, 2.05) is 127 Å². The van der Waals surface area contributed by atoms with Gasteiger partial charge in [0.1, 0.15) is 11.2 Å². The summed E-state index contributed by atoms with van der Waals surface area (Å²) in [5.74, 6) is 0.723. The summed E-state index contributed by atoms with van der Waals surface area (Å²) in [7, 11) is 0. The molecule has 0 unspecified atom stereocenters. The van der Waals surface area contributed by atoms with Crippen molar-refractivity contribution in [2.24, 2.45) is 0 Å². The van der Waals surface area contributed by atoms with E-state index in [9.17, 15) is 8.22 Å². The number of fused-ring (bicyclic) bond motifs is 6. The Morgan fingerprint density at radius 3 is 1.86 bits per heavy atom. The lowest BCUT2D eigenvalue weighted by Crippen LogP contribution is -2.01. The maximum absolute atomic E-state index is 9.70. The van der Waals surface area contributed by atoms with Crippen LogP contribution in [0.2, 0.25) is 0 Å². The molecule has 4 nitrogen and oxygen atoms in total. The zero-order valence-corrected chi connectivity index (χ0v) is 30.4. The molecule has 0 radical (unpaired) electrons. The van der Waals surface area contributed by atoms with Gasteiger partial charge in [-0.15, -0.1) is 11.3 Å². The molecule has 0 spiro atoms. The van der Waals surface area contributed by atoms with Crippen LogP contribution < -0.4 is 0 Å². The average molecular weight is 740 g/mol. The van der Waals surface area contributed by atoms with Crippen LogP contribution in [0.3, 0.4) is 0 Å². The van der Waals surface area contributed by atoms with Crippen molar-refractivity contribution in [3.63, 3.8) is 0 Å². The molecule has 8 aromatic carbocycles. The van der Waals surface area contributed by atoms with Gasteiger partial charge in [0.15, 0.2) is 17.5 Å². The van der Waals surface area contributed by atoms with Crippen molar-refractivity contribution in [2.45, 2.75) is 0 Å². The highest BCUT2D eigenvalue weighted by molar-refractivity contribution is 7.25. The van der Waals surface area contributed by atoms with Crippen molar-refractivity contribution in [2.75, 3.05) is 0 Å². The Morgan fingerprint density at radius 1 is 0.393 bits per heavy atom. The number of hydrogen-bond acceptors (Lipinski definition) is 5. The summed E-state index contributed by atoms with van der Waals surface area (Å²) in [6, 6.07) is 47.9. The minimum atomic E-state index is -0.289. The fraction of sp³-hybridized carbons (Fsp3) is 0. The van der Waals surface area contributed by atoms with Crippen LogP contribution in [0.15, 0.2) is 192 Å². The second kappa shape index (κ2) is 13.3. The van der Waals surface area contributed by atoms with E-state index in [1.54, 1.807) is 6.07 Å². The van der Waals surface area contributed by atoms with Crippen LogP contribution in [0.5, 0.6) is 0 Å². The van der Waals surface area contributed by atoms with Gasteiger partial charge in [0.05, 0.1) is 8.22 Å². The lowest BCUT2D eigenvalue weighted by atomic mass is 9.94. The van der Waals surface area contributed by atoms with Gasteiger partial charge < -0.3 is 4.42 Å². The standard InChI is InChI=1S/C51H31N3OS/c1-4-13-32(14-5-1)35-23-27-42(43(29-35)33-15-6-2-7-16-33)51-53-49(34-17-8-3-9-18-34)52-50(54-51)37-24-26-40-44-30-36(25-28-46(44)56-47(40)31-37)38-20-12-21-41-39-19-10-11-22-45(39)55-48(38)41/h1-31H/i24D,25D,26D,28D,30D,31D. The van der Waals surface area contributed by atoms with Crippen LogP contribution in [0, 0.1) is 0 Å². The molecule has 56 heavy (non-hydrogen) atoms. The minimum absolute atomic E-state index is 0.0356. The maximum atomic E-state index is 9.70. The van der Waals surface area contributed by atoms with Crippen LogP contribution in [-0.2, 0) is 0 Å². The van der Waals surface area contributed by atoms with Gasteiger partial charge in [-0.3, -0.25) is 0 Å². The largest absolute Gasteiger partial charge is 0.455 e. The smallest absolute Gasteiger partial charge is 0.164 e. The maximum Gasteiger partial charge on any atom is 0.164 e. The molecule has 0 aliphatic heterocycles. The Balaban J connectivity index is 1.15. The van der Waals surface area contributed by atoms with Crippen LogP contribution in [0.25, 0.3) is 110 Å². The lowest BCUT2D eigenvalue weighted by Gasteiger charge is -2.14. The van der Waals surface area contributed by atoms with Crippen molar-refractivity contribution in [1.82, 2.24) is 15.0 Å². The Hall–Kier alpha value is -7.21. The fourth-order valence-electron chi connectivity index (χ4n) is 7.31. The summed E-state index contributed by atoms with van der Waals surface area (Å²) in [4.78, 5) is 14.9. The van der Waals surface area contributed by atoms with E-state index in [-0.39, 0.29) is 64.0 Å². The number of furan rings is 1.